The maximum absolute atomic E-state index is 9.09. The smallest absolute Gasteiger partial charge is 0.0931 e. The van der Waals surface area contributed by atoms with Crippen LogP contribution in [0.5, 0.6) is 0 Å². The van der Waals surface area contributed by atoms with Crippen molar-refractivity contribution in [2.24, 2.45) is 0 Å². The number of hydrogen-bond donors (Lipinski definition) is 1. The second-order valence-corrected chi connectivity index (χ2v) is 2.43. The first-order valence-electron chi connectivity index (χ1n) is 3.31. The molecule has 54 valence electrons. The molecule has 0 aliphatic heterocycles. The Morgan fingerprint density at radius 2 is 2.30 bits per heavy atom. The van der Waals surface area contributed by atoms with Crippen LogP contribution in [0.2, 0.25) is 0 Å². The molecule has 2 heteroatoms. The summed E-state index contributed by atoms with van der Waals surface area (Å²) in [5.74, 6) is 0. The van der Waals surface area contributed by atoms with Gasteiger partial charge in [-0.1, -0.05) is 0 Å². The Kier molecular flexibility index (Phi) is 2.02. The molecule has 0 amide bonds. The SMILES string of the molecule is Cc1ccnc([C@H](C)O)c1. The van der Waals surface area contributed by atoms with E-state index in [9.17, 15) is 0 Å². The first kappa shape index (κ1) is 7.22. The molecule has 1 heterocycles. The Labute approximate surface area is 60.5 Å². The average molecular weight is 137 g/mol. The predicted molar refractivity (Wildman–Crippen MR) is 39.6 cm³/mol. The van der Waals surface area contributed by atoms with Gasteiger partial charge in [0.25, 0.3) is 0 Å². The predicted octanol–water partition coefficient (Wildman–Crippen LogP) is 1.44. The summed E-state index contributed by atoms with van der Waals surface area (Å²) >= 11 is 0. The van der Waals surface area contributed by atoms with Gasteiger partial charge in [-0.05, 0) is 31.5 Å². The fourth-order valence-electron chi connectivity index (χ4n) is 0.788. The molecular weight excluding hydrogens is 126 g/mol. The topological polar surface area (TPSA) is 33.1 Å². The van der Waals surface area contributed by atoms with Gasteiger partial charge in [-0.2, -0.15) is 0 Å². The number of aromatic nitrogens is 1. The van der Waals surface area contributed by atoms with E-state index in [1.807, 2.05) is 19.1 Å². The molecule has 0 bridgehead atoms. The molecule has 0 aromatic carbocycles. The van der Waals surface area contributed by atoms with Crippen LogP contribution in [0.25, 0.3) is 0 Å². The van der Waals surface area contributed by atoms with Crippen molar-refractivity contribution < 1.29 is 5.11 Å². The molecule has 0 radical (unpaired) electrons. The van der Waals surface area contributed by atoms with Crippen molar-refractivity contribution >= 4 is 0 Å². The first-order valence-corrected chi connectivity index (χ1v) is 3.31. The Hall–Kier alpha value is -0.890. The Morgan fingerprint density at radius 3 is 2.70 bits per heavy atom. The zero-order chi connectivity index (χ0) is 7.56. The van der Waals surface area contributed by atoms with Crippen molar-refractivity contribution in [2.75, 3.05) is 0 Å². The fourth-order valence-corrected chi connectivity index (χ4v) is 0.788. The van der Waals surface area contributed by atoms with Gasteiger partial charge in [-0.15, -0.1) is 0 Å². The van der Waals surface area contributed by atoms with Gasteiger partial charge in [-0.3, -0.25) is 4.98 Å². The third kappa shape index (κ3) is 1.54. The van der Waals surface area contributed by atoms with Crippen LogP contribution >= 0.6 is 0 Å². The van der Waals surface area contributed by atoms with Crippen molar-refractivity contribution in [1.29, 1.82) is 0 Å². The molecule has 10 heavy (non-hydrogen) atoms. The second-order valence-electron chi connectivity index (χ2n) is 2.43. The zero-order valence-electron chi connectivity index (χ0n) is 6.20. The molecule has 1 aromatic heterocycles. The van der Waals surface area contributed by atoms with E-state index in [4.69, 9.17) is 5.11 Å². The highest BCUT2D eigenvalue weighted by Crippen LogP contribution is 2.08. The summed E-state index contributed by atoms with van der Waals surface area (Å²) in [6, 6.07) is 3.79. The highest BCUT2D eigenvalue weighted by Gasteiger charge is 1.99. The van der Waals surface area contributed by atoms with Gasteiger partial charge in [0.2, 0.25) is 0 Å². The van der Waals surface area contributed by atoms with Crippen molar-refractivity contribution in [3.63, 3.8) is 0 Å². The van der Waals surface area contributed by atoms with Crippen LogP contribution in [0.3, 0.4) is 0 Å². The van der Waals surface area contributed by atoms with Gasteiger partial charge in [0.1, 0.15) is 0 Å². The van der Waals surface area contributed by atoms with Crippen LogP contribution in [0, 0.1) is 6.92 Å². The summed E-state index contributed by atoms with van der Waals surface area (Å²) in [5.41, 5.74) is 1.87. The molecule has 1 aromatic rings. The third-order valence-electron chi connectivity index (χ3n) is 1.36. The second kappa shape index (κ2) is 2.80. The minimum absolute atomic E-state index is 0.458. The van der Waals surface area contributed by atoms with E-state index in [1.54, 1.807) is 13.1 Å². The number of rotatable bonds is 1. The molecule has 0 saturated carbocycles. The fraction of sp³-hybridized carbons (Fsp3) is 0.375. The molecule has 0 fully saturated rings. The number of pyridine rings is 1. The van der Waals surface area contributed by atoms with E-state index in [2.05, 4.69) is 4.98 Å². The van der Waals surface area contributed by atoms with Crippen molar-refractivity contribution in [3.05, 3.63) is 29.6 Å². The summed E-state index contributed by atoms with van der Waals surface area (Å²) in [4.78, 5) is 3.99. The molecular formula is C8H11NO. The van der Waals surface area contributed by atoms with Gasteiger partial charge >= 0.3 is 0 Å². The lowest BCUT2D eigenvalue weighted by atomic mass is 10.2. The average Bonchev–Trinajstić information content (AvgIpc) is 1.88. The van der Waals surface area contributed by atoms with E-state index in [-0.39, 0.29) is 0 Å². The molecule has 0 aliphatic carbocycles. The van der Waals surface area contributed by atoms with Crippen molar-refractivity contribution in [2.45, 2.75) is 20.0 Å². The van der Waals surface area contributed by atoms with E-state index < -0.39 is 6.10 Å². The summed E-state index contributed by atoms with van der Waals surface area (Å²) in [6.07, 6.45) is 1.25. The molecule has 0 unspecified atom stereocenters. The zero-order valence-corrected chi connectivity index (χ0v) is 6.20. The van der Waals surface area contributed by atoms with E-state index in [0.717, 1.165) is 11.3 Å². The van der Waals surface area contributed by atoms with Crippen molar-refractivity contribution in [1.82, 2.24) is 4.98 Å². The Bertz CT molecular complexity index is 220. The molecule has 0 saturated heterocycles. The minimum atomic E-state index is -0.458. The molecule has 1 atom stereocenters. The molecule has 0 spiro atoms. The van der Waals surface area contributed by atoms with Crippen molar-refractivity contribution in [3.8, 4) is 0 Å². The lowest BCUT2D eigenvalue weighted by Crippen LogP contribution is -1.94. The molecule has 1 N–H and O–H groups in total. The van der Waals surface area contributed by atoms with E-state index in [0.29, 0.717) is 0 Å². The van der Waals surface area contributed by atoms with Crippen LogP contribution in [-0.2, 0) is 0 Å². The lowest BCUT2D eigenvalue weighted by Gasteiger charge is -2.02. The third-order valence-corrected chi connectivity index (χ3v) is 1.36. The van der Waals surface area contributed by atoms with Gasteiger partial charge in [0, 0.05) is 6.20 Å². The quantitative estimate of drug-likeness (QED) is 0.635. The highest BCUT2D eigenvalue weighted by atomic mass is 16.3. The molecule has 1 rings (SSSR count). The normalized spacial score (nSPS) is 13.1. The minimum Gasteiger partial charge on any atom is -0.387 e. The monoisotopic (exact) mass is 137 g/mol. The number of aliphatic hydroxyl groups excluding tert-OH is 1. The lowest BCUT2D eigenvalue weighted by molar-refractivity contribution is 0.194. The number of aliphatic hydroxyl groups is 1. The summed E-state index contributed by atoms with van der Waals surface area (Å²) in [5, 5.41) is 9.09. The highest BCUT2D eigenvalue weighted by molar-refractivity contribution is 5.15. The maximum atomic E-state index is 9.09. The maximum Gasteiger partial charge on any atom is 0.0931 e. The molecule has 0 aliphatic rings. The van der Waals surface area contributed by atoms with Crippen LogP contribution in [0.15, 0.2) is 18.3 Å². The summed E-state index contributed by atoms with van der Waals surface area (Å²) in [6.45, 7) is 3.69. The number of hydrogen-bond acceptors (Lipinski definition) is 2. The van der Waals surface area contributed by atoms with Crippen LogP contribution in [0.1, 0.15) is 24.3 Å². The largest absolute Gasteiger partial charge is 0.387 e. The van der Waals surface area contributed by atoms with Crippen LogP contribution in [-0.4, -0.2) is 10.1 Å². The van der Waals surface area contributed by atoms with Crippen LogP contribution in [0.4, 0.5) is 0 Å². The van der Waals surface area contributed by atoms with Gasteiger partial charge in [-0.25, -0.2) is 0 Å². The Morgan fingerprint density at radius 1 is 1.60 bits per heavy atom. The standard InChI is InChI=1S/C8H11NO/c1-6-3-4-9-8(5-6)7(2)10/h3-5,7,10H,1-2H3/t7-/m0/s1. The van der Waals surface area contributed by atoms with Gasteiger partial charge in [0.15, 0.2) is 0 Å². The van der Waals surface area contributed by atoms with Gasteiger partial charge < -0.3 is 5.11 Å². The molecule has 2 nitrogen and oxygen atoms in total. The summed E-state index contributed by atoms with van der Waals surface area (Å²) in [7, 11) is 0. The number of nitrogens with zero attached hydrogens (tertiary/aromatic N) is 1. The Balaban J connectivity index is 2.96. The first-order chi connectivity index (χ1) is 4.70. The summed E-state index contributed by atoms with van der Waals surface area (Å²) < 4.78 is 0. The van der Waals surface area contributed by atoms with Crippen LogP contribution < -0.4 is 0 Å². The van der Waals surface area contributed by atoms with E-state index in [1.165, 1.54) is 0 Å². The number of aryl methyl sites for hydroxylation is 1. The van der Waals surface area contributed by atoms with Gasteiger partial charge in [0.05, 0.1) is 11.8 Å². The van der Waals surface area contributed by atoms with E-state index >= 15 is 0 Å².